The van der Waals surface area contributed by atoms with E-state index in [-0.39, 0.29) is 5.57 Å². The highest BCUT2D eigenvalue weighted by Gasteiger charge is 2.25. The number of primary amides is 1. The average molecular weight is 352 g/mol. The van der Waals surface area contributed by atoms with Crippen molar-refractivity contribution in [1.82, 2.24) is 4.98 Å². The van der Waals surface area contributed by atoms with Gasteiger partial charge in [-0.1, -0.05) is 0 Å². The Morgan fingerprint density at radius 2 is 2.00 bits per heavy atom. The van der Waals surface area contributed by atoms with Gasteiger partial charge in [-0.3, -0.25) is 14.6 Å². The number of pyridine rings is 1. The second-order valence-electron chi connectivity index (χ2n) is 5.68. The summed E-state index contributed by atoms with van der Waals surface area (Å²) in [7, 11) is 0. The number of aryl methyl sites for hydroxylation is 1. The topological polar surface area (TPSA) is 109 Å². The van der Waals surface area contributed by atoms with Gasteiger partial charge in [-0.25, -0.2) is 0 Å². The van der Waals surface area contributed by atoms with E-state index >= 15 is 0 Å². The third-order valence-corrected chi connectivity index (χ3v) is 5.23. The molecule has 0 saturated carbocycles. The lowest BCUT2D eigenvalue weighted by Gasteiger charge is -2.11. The molecule has 0 fully saturated rings. The van der Waals surface area contributed by atoms with Gasteiger partial charge in [-0.2, -0.15) is 5.26 Å². The molecule has 2 aromatic heterocycles. The van der Waals surface area contributed by atoms with Gasteiger partial charge in [0, 0.05) is 17.3 Å². The summed E-state index contributed by atoms with van der Waals surface area (Å²) in [4.78, 5) is 29.3. The molecule has 0 saturated heterocycles. The average Bonchev–Trinajstić information content (AvgIpc) is 2.98. The molecule has 2 amide bonds. The molecule has 2 heterocycles. The van der Waals surface area contributed by atoms with Crippen LogP contribution in [0.2, 0.25) is 0 Å². The summed E-state index contributed by atoms with van der Waals surface area (Å²) in [6.07, 6.45) is 8.38. The van der Waals surface area contributed by atoms with Crippen LogP contribution in [-0.2, 0) is 17.6 Å². The van der Waals surface area contributed by atoms with Crippen molar-refractivity contribution in [3.05, 3.63) is 51.7 Å². The quantitative estimate of drug-likeness (QED) is 0.651. The van der Waals surface area contributed by atoms with Gasteiger partial charge >= 0.3 is 0 Å². The minimum absolute atomic E-state index is 0.0482. The molecule has 1 aliphatic rings. The first kappa shape index (κ1) is 16.9. The lowest BCUT2D eigenvalue weighted by Crippen LogP contribution is -2.19. The fourth-order valence-corrected chi connectivity index (χ4v) is 4.15. The predicted molar refractivity (Wildman–Crippen MR) is 95.9 cm³/mol. The normalized spacial score (nSPS) is 13.6. The van der Waals surface area contributed by atoms with E-state index in [1.54, 1.807) is 24.5 Å². The van der Waals surface area contributed by atoms with E-state index in [9.17, 15) is 14.9 Å². The number of hydrogen-bond donors (Lipinski definition) is 2. The molecule has 0 bridgehead atoms. The van der Waals surface area contributed by atoms with Crippen molar-refractivity contribution in [3.8, 4) is 6.07 Å². The van der Waals surface area contributed by atoms with Crippen molar-refractivity contribution in [1.29, 1.82) is 5.26 Å². The SMILES string of the molecule is N#C/C(=C\c1ccncc1)C(=O)Nc1sc2c(c1C(N)=O)CCCC2. The number of hydrogen-bond acceptors (Lipinski definition) is 5. The standard InChI is InChI=1S/C18H16N4O2S/c19-10-12(9-11-5-7-21-8-6-11)17(24)22-18-15(16(20)23)13-3-1-2-4-14(13)25-18/h5-9H,1-4H2,(H2,20,23)(H,22,24)/b12-9+. The van der Waals surface area contributed by atoms with Gasteiger partial charge in [0.15, 0.2) is 0 Å². The fourth-order valence-electron chi connectivity index (χ4n) is 2.86. The number of carbonyl (C=O) groups is 2. The van der Waals surface area contributed by atoms with E-state index in [4.69, 9.17) is 5.73 Å². The first-order valence-corrected chi connectivity index (χ1v) is 8.69. The summed E-state index contributed by atoms with van der Waals surface area (Å²) in [6.45, 7) is 0. The van der Waals surface area contributed by atoms with E-state index < -0.39 is 11.8 Å². The Labute approximate surface area is 149 Å². The minimum Gasteiger partial charge on any atom is -0.365 e. The largest absolute Gasteiger partial charge is 0.365 e. The summed E-state index contributed by atoms with van der Waals surface area (Å²) in [5, 5.41) is 12.4. The summed E-state index contributed by atoms with van der Waals surface area (Å²) in [5.74, 6) is -1.10. The van der Waals surface area contributed by atoms with Crippen LogP contribution in [0.4, 0.5) is 5.00 Å². The molecular formula is C18H16N4O2S. The van der Waals surface area contributed by atoms with E-state index in [2.05, 4.69) is 10.3 Å². The highest BCUT2D eigenvalue weighted by Crippen LogP contribution is 2.38. The molecule has 0 aliphatic heterocycles. The second kappa shape index (κ2) is 7.28. The van der Waals surface area contributed by atoms with Crippen LogP contribution in [0.25, 0.3) is 6.08 Å². The first-order valence-electron chi connectivity index (χ1n) is 7.87. The van der Waals surface area contributed by atoms with Crippen LogP contribution >= 0.6 is 11.3 Å². The minimum atomic E-state index is -0.555. The Bertz CT molecular complexity index is 894. The number of rotatable bonds is 4. The Hall–Kier alpha value is -2.98. The van der Waals surface area contributed by atoms with Crippen molar-refractivity contribution in [2.24, 2.45) is 5.73 Å². The summed E-state index contributed by atoms with van der Waals surface area (Å²) >= 11 is 1.37. The number of aromatic nitrogens is 1. The van der Waals surface area contributed by atoms with Gasteiger partial charge in [-0.15, -0.1) is 11.3 Å². The van der Waals surface area contributed by atoms with E-state index in [1.807, 2.05) is 6.07 Å². The van der Waals surface area contributed by atoms with Gasteiger partial charge in [-0.05, 0) is 55.0 Å². The monoisotopic (exact) mass is 352 g/mol. The maximum absolute atomic E-state index is 12.5. The van der Waals surface area contributed by atoms with Crippen molar-refractivity contribution in [2.45, 2.75) is 25.7 Å². The number of anilines is 1. The number of nitrogens with two attached hydrogens (primary N) is 1. The molecule has 126 valence electrons. The lowest BCUT2D eigenvalue weighted by atomic mass is 9.95. The number of carbonyl (C=O) groups excluding carboxylic acids is 2. The zero-order valence-electron chi connectivity index (χ0n) is 13.4. The molecule has 3 rings (SSSR count). The fraction of sp³-hybridized carbons (Fsp3) is 0.222. The van der Waals surface area contributed by atoms with Crippen molar-refractivity contribution < 1.29 is 9.59 Å². The molecule has 1 aliphatic carbocycles. The van der Waals surface area contributed by atoms with Crippen molar-refractivity contribution >= 4 is 34.2 Å². The molecule has 7 heteroatoms. The molecule has 0 aromatic carbocycles. The van der Waals surface area contributed by atoms with Gasteiger partial charge in [0.1, 0.15) is 16.6 Å². The summed E-state index contributed by atoms with van der Waals surface area (Å²) < 4.78 is 0. The van der Waals surface area contributed by atoms with Crippen LogP contribution in [0.3, 0.4) is 0 Å². The molecule has 6 nitrogen and oxygen atoms in total. The Morgan fingerprint density at radius 3 is 2.68 bits per heavy atom. The number of nitrogens with zero attached hydrogens (tertiary/aromatic N) is 2. The number of fused-ring (bicyclic) bond motifs is 1. The third-order valence-electron chi connectivity index (χ3n) is 4.03. The van der Waals surface area contributed by atoms with Crippen molar-refractivity contribution in [2.75, 3.05) is 5.32 Å². The molecule has 2 aromatic rings. The predicted octanol–water partition coefficient (Wildman–Crippen LogP) is 2.67. The molecule has 0 spiro atoms. The number of nitrogens with one attached hydrogen (secondary N) is 1. The molecule has 3 N–H and O–H groups in total. The number of nitriles is 1. The zero-order chi connectivity index (χ0) is 17.8. The van der Waals surface area contributed by atoms with E-state index in [0.29, 0.717) is 16.1 Å². The Morgan fingerprint density at radius 1 is 1.28 bits per heavy atom. The van der Waals surface area contributed by atoms with Gasteiger partial charge < -0.3 is 11.1 Å². The van der Waals surface area contributed by atoms with Crippen LogP contribution in [-0.4, -0.2) is 16.8 Å². The highest BCUT2D eigenvalue weighted by atomic mass is 32.1. The molecule has 0 radical (unpaired) electrons. The Balaban J connectivity index is 1.90. The van der Waals surface area contributed by atoms with Gasteiger partial charge in [0.2, 0.25) is 0 Å². The van der Waals surface area contributed by atoms with Crippen LogP contribution in [0, 0.1) is 11.3 Å². The molecule has 25 heavy (non-hydrogen) atoms. The third kappa shape index (κ3) is 3.59. The molecule has 0 unspecified atom stereocenters. The first-order chi connectivity index (χ1) is 12.1. The van der Waals surface area contributed by atoms with Gasteiger partial charge in [0.05, 0.1) is 5.56 Å². The second-order valence-corrected chi connectivity index (χ2v) is 6.79. The zero-order valence-corrected chi connectivity index (χ0v) is 14.2. The van der Waals surface area contributed by atoms with Crippen LogP contribution in [0.5, 0.6) is 0 Å². The van der Waals surface area contributed by atoms with Crippen molar-refractivity contribution in [3.63, 3.8) is 0 Å². The Kier molecular flexibility index (Phi) is 4.91. The van der Waals surface area contributed by atoms with E-state index in [0.717, 1.165) is 36.1 Å². The molecule has 0 atom stereocenters. The van der Waals surface area contributed by atoms with Crippen LogP contribution < -0.4 is 11.1 Å². The smallest absolute Gasteiger partial charge is 0.266 e. The summed E-state index contributed by atoms with van der Waals surface area (Å²) in [5.41, 5.74) is 7.49. The van der Waals surface area contributed by atoms with E-state index in [1.165, 1.54) is 17.4 Å². The lowest BCUT2D eigenvalue weighted by molar-refractivity contribution is -0.112. The number of amides is 2. The maximum atomic E-state index is 12.5. The van der Waals surface area contributed by atoms with Gasteiger partial charge in [0.25, 0.3) is 11.8 Å². The highest BCUT2D eigenvalue weighted by molar-refractivity contribution is 7.17. The molecular weight excluding hydrogens is 336 g/mol. The number of thiophene rings is 1. The maximum Gasteiger partial charge on any atom is 0.266 e. The van der Waals surface area contributed by atoms with Crippen LogP contribution in [0.15, 0.2) is 30.1 Å². The van der Waals surface area contributed by atoms with Crippen LogP contribution in [0.1, 0.15) is 39.2 Å². The summed E-state index contributed by atoms with van der Waals surface area (Å²) in [6, 6.07) is 5.29.